The van der Waals surface area contributed by atoms with Crippen molar-refractivity contribution in [3.8, 4) is 0 Å². The van der Waals surface area contributed by atoms with Gasteiger partial charge in [-0.05, 0) is 13.3 Å². The van der Waals surface area contributed by atoms with E-state index in [0.717, 1.165) is 19.3 Å². The molecule has 8 nitrogen and oxygen atoms in total. The van der Waals surface area contributed by atoms with Crippen LogP contribution in [0.1, 0.15) is 46.0 Å². The van der Waals surface area contributed by atoms with E-state index in [2.05, 4.69) is 21.9 Å². The molecule has 0 spiro atoms. The van der Waals surface area contributed by atoms with Crippen molar-refractivity contribution in [2.75, 3.05) is 25.0 Å². The third-order valence-electron chi connectivity index (χ3n) is 3.27. The molecule has 24 heavy (non-hydrogen) atoms. The standard InChI is InChI=1S/C16H25N3O5/c1-3-5-6-10-19(15(21)7-8-16(22)23-4-2)12-14(20)17-13-9-11-24-18-13/h9,11H,3-8,10,12H2,1-2H3,(H,17,18,20). The lowest BCUT2D eigenvalue weighted by Crippen LogP contribution is -2.39. The van der Waals surface area contributed by atoms with E-state index in [1.54, 1.807) is 6.92 Å². The fraction of sp³-hybridized carbons (Fsp3) is 0.625. The van der Waals surface area contributed by atoms with E-state index in [0.29, 0.717) is 12.4 Å². The molecule has 1 N–H and O–H groups in total. The Morgan fingerprint density at radius 2 is 2.04 bits per heavy atom. The first-order chi connectivity index (χ1) is 11.6. The van der Waals surface area contributed by atoms with Gasteiger partial charge in [0.15, 0.2) is 5.82 Å². The van der Waals surface area contributed by atoms with Crippen LogP contribution in [0.15, 0.2) is 16.9 Å². The van der Waals surface area contributed by atoms with Crippen molar-refractivity contribution >= 4 is 23.6 Å². The number of unbranched alkanes of at least 4 members (excludes halogenated alkanes) is 2. The van der Waals surface area contributed by atoms with Gasteiger partial charge in [-0.15, -0.1) is 0 Å². The second-order valence-corrected chi connectivity index (χ2v) is 5.26. The van der Waals surface area contributed by atoms with Crippen molar-refractivity contribution in [3.63, 3.8) is 0 Å². The zero-order valence-corrected chi connectivity index (χ0v) is 14.2. The summed E-state index contributed by atoms with van der Waals surface area (Å²) in [7, 11) is 0. The van der Waals surface area contributed by atoms with Crippen molar-refractivity contribution in [2.45, 2.75) is 46.0 Å². The van der Waals surface area contributed by atoms with Crippen LogP contribution in [0.25, 0.3) is 0 Å². The maximum absolute atomic E-state index is 12.3. The Morgan fingerprint density at radius 3 is 2.67 bits per heavy atom. The van der Waals surface area contributed by atoms with Gasteiger partial charge in [0, 0.05) is 19.0 Å². The predicted molar refractivity (Wildman–Crippen MR) is 87.1 cm³/mol. The zero-order chi connectivity index (χ0) is 17.8. The molecule has 134 valence electrons. The van der Waals surface area contributed by atoms with Gasteiger partial charge in [-0.3, -0.25) is 14.4 Å². The second-order valence-electron chi connectivity index (χ2n) is 5.26. The Bertz CT molecular complexity index is 516. The highest BCUT2D eigenvalue weighted by molar-refractivity contribution is 5.94. The SMILES string of the molecule is CCCCCN(CC(=O)Nc1ccon1)C(=O)CCC(=O)OCC. The van der Waals surface area contributed by atoms with Gasteiger partial charge in [0.05, 0.1) is 19.6 Å². The molecule has 8 heteroatoms. The number of rotatable bonds is 11. The fourth-order valence-electron chi connectivity index (χ4n) is 2.08. The van der Waals surface area contributed by atoms with Gasteiger partial charge in [-0.1, -0.05) is 24.9 Å². The molecule has 0 radical (unpaired) electrons. The zero-order valence-electron chi connectivity index (χ0n) is 14.2. The molecule has 0 saturated heterocycles. The normalized spacial score (nSPS) is 10.2. The third kappa shape index (κ3) is 7.75. The monoisotopic (exact) mass is 339 g/mol. The maximum Gasteiger partial charge on any atom is 0.306 e. The minimum Gasteiger partial charge on any atom is -0.466 e. The molecule has 0 aliphatic heterocycles. The van der Waals surface area contributed by atoms with Gasteiger partial charge in [0.1, 0.15) is 6.26 Å². The number of anilines is 1. The first-order valence-electron chi connectivity index (χ1n) is 8.20. The maximum atomic E-state index is 12.3. The fourth-order valence-corrected chi connectivity index (χ4v) is 2.08. The van der Waals surface area contributed by atoms with Gasteiger partial charge in [-0.2, -0.15) is 0 Å². The minimum absolute atomic E-state index is 0.0157. The minimum atomic E-state index is -0.411. The highest BCUT2D eigenvalue weighted by Gasteiger charge is 2.18. The third-order valence-corrected chi connectivity index (χ3v) is 3.27. The molecule has 1 aromatic heterocycles. The van der Waals surface area contributed by atoms with E-state index in [1.165, 1.54) is 17.2 Å². The molecule has 0 aliphatic carbocycles. The number of esters is 1. The Hall–Kier alpha value is -2.38. The second kappa shape index (κ2) is 11.2. The molecule has 0 atom stereocenters. The lowest BCUT2D eigenvalue weighted by atomic mass is 10.2. The summed E-state index contributed by atoms with van der Waals surface area (Å²) in [4.78, 5) is 37.1. The van der Waals surface area contributed by atoms with Crippen LogP contribution < -0.4 is 5.32 Å². The summed E-state index contributed by atoms with van der Waals surface area (Å²) in [6, 6.07) is 1.52. The van der Waals surface area contributed by atoms with Gasteiger partial charge >= 0.3 is 5.97 Å². The average Bonchev–Trinajstić information content (AvgIpc) is 3.05. The molecule has 2 amide bonds. The lowest BCUT2D eigenvalue weighted by molar-refractivity contribution is -0.145. The molecule has 1 aromatic rings. The number of amides is 2. The van der Waals surface area contributed by atoms with Crippen LogP contribution in [-0.4, -0.2) is 47.5 Å². The smallest absolute Gasteiger partial charge is 0.306 e. The molecule has 0 unspecified atom stereocenters. The topological polar surface area (TPSA) is 102 Å². The van der Waals surface area contributed by atoms with Crippen LogP contribution >= 0.6 is 0 Å². The number of nitrogens with zero attached hydrogens (tertiary/aromatic N) is 2. The largest absolute Gasteiger partial charge is 0.466 e. The van der Waals surface area contributed by atoms with Crippen molar-refractivity contribution in [1.82, 2.24) is 10.1 Å². The van der Waals surface area contributed by atoms with Crippen LogP contribution in [0.4, 0.5) is 5.82 Å². The summed E-state index contributed by atoms with van der Waals surface area (Å²) >= 11 is 0. The lowest BCUT2D eigenvalue weighted by Gasteiger charge is -2.22. The Balaban J connectivity index is 2.52. The van der Waals surface area contributed by atoms with Crippen molar-refractivity contribution < 1.29 is 23.6 Å². The summed E-state index contributed by atoms with van der Waals surface area (Å²) in [5.74, 6) is -0.710. The number of aromatic nitrogens is 1. The van der Waals surface area contributed by atoms with E-state index in [-0.39, 0.29) is 37.8 Å². The number of hydrogen-bond donors (Lipinski definition) is 1. The molecule has 0 fully saturated rings. The molecule has 1 rings (SSSR count). The summed E-state index contributed by atoms with van der Waals surface area (Å²) in [6.07, 6.45) is 4.17. The molecule has 0 aromatic carbocycles. The predicted octanol–water partition coefficient (Wildman–Crippen LogP) is 1.98. The number of nitrogens with one attached hydrogen (secondary N) is 1. The van der Waals surface area contributed by atoms with E-state index >= 15 is 0 Å². The number of ether oxygens (including phenoxy) is 1. The van der Waals surface area contributed by atoms with Crippen molar-refractivity contribution in [3.05, 3.63) is 12.3 Å². The summed E-state index contributed by atoms with van der Waals surface area (Å²) in [6.45, 7) is 4.45. The summed E-state index contributed by atoms with van der Waals surface area (Å²) in [5, 5.41) is 6.15. The van der Waals surface area contributed by atoms with Gasteiger partial charge < -0.3 is 19.5 Å². The van der Waals surface area contributed by atoms with E-state index < -0.39 is 5.97 Å². The van der Waals surface area contributed by atoms with Crippen molar-refractivity contribution in [2.24, 2.45) is 0 Å². The number of hydrogen-bond acceptors (Lipinski definition) is 6. The highest BCUT2D eigenvalue weighted by Crippen LogP contribution is 2.06. The van der Waals surface area contributed by atoms with E-state index in [1.807, 2.05) is 0 Å². The first kappa shape index (κ1) is 19.7. The quantitative estimate of drug-likeness (QED) is 0.488. The van der Waals surface area contributed by atoms with Gasteiger partial charge in [0.2, 0.25) is 11.8 Å². The number of carbonyl (C=O) groups excluding carboxylic acids is 3. The first-order valence-corrected chi connectivity index (χ1v) is 8.20. The molecule has 0 saturated carbocycles. The van der Waals surface area contributed by atoms with Crippen LogP contribution in [0.3, 0.4) is 0 Å². The van der Waals surface area contributed by atoms with Crippen LogP contribution in [0, 0.1) is 0 Å². The Labute approximate surface area is 141 Å². The van der Waals surface area contributed by atoms with Gasteiger partial charge in [0.25, 0.3) is 0 Å². The van der Waals surface area contributed by atoms with Gasteiger partial charge in [-0.25, -0.2) is 0 Å². The molecular formula is C16H25N3O5. The van der Waals surface area contributed by atoms with Crippen LogP contribution in [0.5, 0.6) is 0 Å². The molecular weight excluding hydrogens is 314 g/mol. The van der Waals surface area contributed by atoms with Crippen molar-refractivity contribution in [1.29, 1.82) is 0 Å². The van der Waals surface area contributed by atoms with Crippen LogP contribution in [-0.2, 0) is 19.1 Å². The molecule has 1 heterocycles. The average molecular weight is 339 g/mol. The Morgan fingerprint density at radius 1 is 1.25 bits per heavy atom. The van der Waals surface area contributed by atoms with E-state index in [4.69, 9.17) is 4.74 Å². The molecule has 0 bridgehead atoms. The Kier molecular flexibility index (Phi) is 9.18. The van der Waals surface area contributed by atoms with E-state index in [9.17, 15) is 14.4 Å². The molecule has 0 aliphatic rings. The van der Waals surface area contributed by atoms with Crippen LogP contribution in [0.2, 0.25) is 0 Å². The highest BCUT2D eigenvalue weighted by atomic mass is 16.5. The summed E-state index contributed by atoms with van der Waals surface area (Å²) < 4.78 is 9.45. The number of carbonyl (C=O) groups is 3. The summed E-state index contributed by atoms with van der Waals surface area (Å²) in [5.41, 5.74) is 0.